The zero-order valence-corrected chi connectivity index (χ0v) is 24.0. The normalized spacial score (nSPS) is 11.3. The number of halogens is 4. The van der Waals surface area contributed by atoms with E-state index in [1.165, 1.54) is 61.9 Å². The van der Waals surface area contributed by atoms with Gasteiger partial charge in [0.15, 0.2) is 22.5 Å². The van der Waals surface area contributed by atoms with Gasteiger partial charge < -0.3 is 19.5 Å². The summed E-state index contributed by atoms with van der Waals surface area (Å²) in [5, 5.41) is 11.5. The third kappa shape index (κ3) is 6.70. The minimum Gasteiger partial charge on any atom is -0.493 e. The molecule has 40 heavy (non-hydrogen) atoms. The van der Waals surface area contributed by atoms with E-state index >= 15 is 0 Å². The van der Waals surface area contributed by atoms with Crippen molar-refractivity contribution in [1.82, 2.24) is 20.1 Å². The molecular formula is C27H24BrF3N4O4S. The first-order valence-corrected chi connectivity index (χ1v) is 13.5. The van der Waals surface area contributed by atoms with Crippen LogP contribution in [0.5, 0.6) is 17.2 Å². The lowest BCUT2D eigenvalue weighted by molar-refractivity contribution is -0.137. The fourth-order valence-electron chi connectivity index (χ4n) is 3.79. The molecule has 1 amide bonds. The number of benzene rings is 3. The minimum absolute atomic E-state index is 0.114. The Morgan fingerprint density at radius 3 is 2.25 bits per heavy atom. The number of nitrogens with one attached hydrogen (secondary N) is 1. The molecule has 4 aromatic rings. The number of methoxy groups -OCH3 is 3. The number of rotatable bonds is 10. The molecule has 0 saturated heterocycles. The van der Waals surface area contributed by atoms with Gasteiger partial charge in [0.2, 0.25) is 5.75 Å². The molecule has 8 nitrogen and oxygen atoms in total. The second kappa shape index (κ2) is 12.6. The van der Waals surface area contributed by atoms with Crippen LogP contribution in [0.1, 0.15) is 27.3 Å². The van der Waals surface area contributed by atoms with Crippen molar-refractivity contribution in [3.8, 4) is 22.9 Å². The molecule has 210 valence electrons. The first kappa shape index (κ1) is 29.3. The maximum Gasteiger partial charge on any atom is 0.416 e. The van der Waals surface area contributed by atoms with Crippen molar-refractivity contribution in [2.45, 2.75) is 23.6 Å². The Bertz CT molecular complexity index is 1470. The van der Waals surface area contributed by atoms with E-state index in [-0.39, 0.29) is 23.6 Å². The lowest BCUT2D eigenvalue weighted by Gasteiger charge is -2.15. The number of carbonyl (C=O) groups excluding carboxylic acids is 1. The van der Waals surface area contributed by atoms with Gasteiger partial charge in [-0.15, -0.1) is 10.2 Å². The van der Waals surface area contributed by atoms with Crippen LogP contribution in [0.2, 0.25) is 0 Å². The highest BCUT2D eigenvalue weighted by Gasteiger charge is 2.31. The average molecular weight is 637 g/mol. The fraction of sp³-hybridized carbons (Fsp3) is 0.222. The van der Waals surface area contributed by atoms with Crippen LogP contribution in [-0.2, 0) is 18.5 Å². The Balaban J connectivity index is 1.64. The standard InChI is InChI=1S/C27H24BrF3N4O4S/c1-37-21-11-17(12-22(38-2)24(21)39-3)25(36)32-14-23-33-34-26(40-15-16-7-9-19(28)10-8-16)35(23)20-6-4-5-18(13-20)27(29,30)31/h4-13H,14-15H2,1-3H3,(H,32,36). The number of amides is 1. The van der Waals surface area contributed by atoms with Crippen molar-refractivity contribution in [2.24, 2.45) is 0 Å². The first-order valence-electron chi connectivity index (χ1n) is 11.7. The summed E-state index contributed by atoms with van der Waals surface area (Å²) >= 11 is 4.71. The van der Waals surface area contributed by atoms with Crippen LogP contribution in [0.3, 0.4) is 0 Å². The van der Waals surface area contributed by atoms with Crippen molar-refractivity contribution in [3.05, 3.63) is 87.7 Å². The first-order chi connectivity index (χ1) is 19.1. The molecule has 0 spiro atoms. The van der Waals surface area contributed by atoms with E-state index in [1.54, 1.807) is 0 Å². The second-order valence-electron chi connectivity index (χ2n) is 8.29. The highest BCUT2D eigenvalue weighted by atomic mass is 79.9. The van der Waals surface area contributed by atoms with E-state index in [0.29, 0.717) is 28.2 Å². The van der Waals surface area contributed by atoms with Gasteiger partial charge in [0.05, 0.1) is 39.1 Å². The molecule has 0 radical (unpaired) electrons. The predicted octanol–water partition coefficient (Wildman–Crippen LogP) is 6.30. The van der Waals surface area contributed by atoms with E-state index in [4.69, 9.17) is 14.2 Å². The highest BCUT2D eigenvalue weighted by Crippen LogP contribution is 2.38. The Hall–Kier alpha value is -3.71. The molecule has 4 rings (SSSR count). The molecule has 0 unspecified atom stereocenters. The fourth-order valence-corrected chi connectivity index (χ4v) is 4.98. The molecule has 1 heterocycles. The third-order valence-electron chi connectivity index (χ3n) is 5.75. The van der Waals surface area contributed by atoms with Gasteiger partial charge in [-0.2, -0.15) is 13.2 Å². The number of carbonyl (C=O) groups is 1. The topological polar surface area (TPSA) is 87.5 Å². The molecule has 3 aromatic carbocycles. The number of hydrogen-bond acceptors (Lipinski definition) is 7. The monoisotopic (exact) mass is 636 g/mol. The minimum atomic E-state index is -4.53. The summed E-state index contributed by atoms with van der Waals surface area (Å²) in [5.41, 5.74) is 0.624. The predicted molar refractivity (Wildman–Crippen MR) is 147 cm³/mol. The molecule has 1 aromatic heterocycles. The molecule has 1 N–H and O–H groups in total. The summed E-state index contributed by atoms with van der Waals surface area (Å²) in [6.07, 6.45) is -4.53. The number of ether oxygens (including phenoxy) is 3. The maximum atomic E-state index is 13.5. The third-order valence-corrected chi connectivity index (χ3v) is 7.28. The van der Waals surface area contributed by atoms with Crippen LogP contribution < -0.4 is 19.5 Å². The zero-order chi connectivity index (χ0) is 28.9. The van der Waals surface area contributed by atoms with Crippen molar-refractivity contribution >= 4 is 33.6 Å². The van der Waals surface area contributed by atoms with E-state index in [0.717, 1.165) is 22.2 Å². The number of alkyl halides is 3. The molecule has 0 aliphatic heterocycles. The van der Waals surface area contributed by atoms with Gasteiger partial charge in [0, 0.05) is 15.8 Å². The van der Waals surface area contributed by atoms with Crippen LogP contribution in [-0.4, -0.2) is 42.0 Å². The molecule has 0 aliphatic rings. The number of aromatic nitrogens is 3. The Morgan fingerprint density at radius 1 is 0.975 bits per heavy atom. The molecule has 0 atom stereocenters. The molecule has 0 bridgehead atoms. The van der Waals surface area contributed by atoms with Gasteiger partial charge in [0.25, 0.3) is 5.91 Å². The summed E-state index contributed by atoms with van der Waals surface area (Å²) in [4.78, 5) is 13.1. The van der Waals surface area contributed by atoms with Crippen LogP contribution in [0, 0.1) is 0 Å². The van der Waals surface area contributed by atoms with E-state index in [1.807, 2.05) is 24.3 Å². The van der Waals surface area contributed by atoms with Gasteiger partial charge in [-0.25, -0.2) is 0 Å². The Kier molecular flexibility index (Phi) is 9.25. The van der Waals surface area contributed by atoms with Crippen LogP contribution in [0.15, 0.2) is 70.3 Å². The quantitative estimate of drug-likeness (QED) is 0.205. The summed E-state index contributed by atoms with van der Waals surface area (Å²) in [5.74, 6) is 1.19. The number of thioether (sulfide) groups is 1. The van der Waals surface area contributed by atoms with Gasteiger partial charge >= 0.3 is 6.18 Å². The summed E-state index contributed by atoms with van der Waals surface area (Å²) in [6, 6.07) is 15.5. The molecule has 0 aliphatic carbocycles. The molecule has 0 fully saturated rings. The lowest BCUT2D eigenvalue weighted by atomic mass is 10.1. The summed E-state index contributed by atoms with van der Waals surface area (Å²) in [7, 11) is 4.32. The summed E-state index contributed by atoms with van der Waals surface area (Å²) < 4.78 is 58.8. The number of nitrogens with zero attached hydrogens (tertiary/aromatic N) is 3. The van der Waals surface area contributed by atoms with Crippen LogP contribution in [0.25, 0.3) is 5.69 Å². The van der Waals surface area contributed by atoms with E-state index in [9.17, 15) is 18.0 Å². The van der Waals surface area contributed by atoms with Crippen molar-refractivity contribution in [3.63, 3.8) is 0 Å². The molecule has 13 heteroatoms. The molecular weight excluding hydrogens is 613 g/mol. The van der Waals surface area contributed by atoms with Crippen LogP contribution >= 0.6 is 27.7 Å². The number of hydrogen-bond donors (Lipinski definition) is 1. The SMILES string of the molecule is COc1cc(C(=O)NCc2nnc(SCc3ccc(Br)cc3)n2-c2cccc(C(F)(F)F)c2)cc(OC)c1OC. The van der Waals surface area contributed by atoms with E-state index < -0.39 is 17.6 Å². The smallest absolute Gasteiger partial charge is 0.416 e. The van der Waals surface area contributed by atoms with Crippen molar-refractivity contribution in [1.29, 1.82) is 0 Å². The van der Waals surface area contributed by atoms with Gasteiger partial charge in [-0.05, 0) is 48.0 Å². The van der Waals surface area contributed by atoms with Crippen molar-refractivity contribution in [2.75, 3.05) is 21.3 Å². The highest BCUT2D eigenvalue weighted by molar-refractivity contribution is 9.10. The summed E-state index contributed by atoms with van der Waals surface area (Å²) in [6.45, 7) is -0.114. The zero-order valence-electron chi connectivity index (χ0n) is 21.6. The Labute approximate surface area is 241 Å². The van der Waals surface area contributed by atoms with Gasteiger partial charge in [-0.3, -0.25) is 9.36 Å². The van der Waals surface area contributed by atoms with Crippen molar-refractivity contribution < 1.29 is 32.2 Å². The lowest BCUT2D eigenvalue weighted by Crippen LogP contribution is -2.25. The maximum absolute atomic E-state index is 13.5. The second-order valence-corrected chi connectivity index (χ2v) is 10.2. The Morgan fingerprint density at radius 2 is 1.65 bits per heavy atom. The van der Waals surface area contributed by atoms with E-state index in [2.05, 4.69) is 31.4 Å². The van der Waals surface area contributed by atoms with Gasteiger partial charge in [-0.1, -0.05) is 45.9 Å². The average Bonchev–Trinajstić information content (AvgIpc) is 3.37. The largest absolute Gasteiger partial charge is 0.493 e. The molecule has 0 saturated carbocycles. The van der Waals surface area contributed by atoms with Gasteiger partial charge in [0.1, 0.15) is 0 Å². The van der Waals surface area contributed by atoms with Crippen LogP contribution in [0.4, 0.5) is 13.2 Å².